The number of rotatable bonds is 1. The van der Waals surface area contributed by atoms with Crippen LogP contribution in [0.1, 0.15) is 0 Å². The van der Waals surface area contributed by atoms with Gasteiger partial charge in [0.25, 0.3) is 0 Å². The van der Waals surface area contributed by atoms with Gasteiger partial charge in [0.15, 0.2) is 0 Å². The summed E-state index contributed by atoms with van der Waals surface area (Å²) in [6, 6.07) is 10.2. The molecule has 0 saturated heterocycles. The van der Waals surface area contributed by atoms with Crippen molar-refractivity contribution in [1.29, 1.82) is 0 Å². The normalized spacial score (nSPS) is 7.73. The molecule has 86 valence electrons. The van der Waals surface area contributed by atoms with E-state index in [1.54, 1.807) is 19.5 Å². The van der Waals surface area contributed by atoms with Crippen LogP contribution in [-0.2, 0) is 18.9 Å². The summed E-state index contributed by atoms with van der Waals surface area (Å²) in [5, 5.41) is 0. The molecule has 0 bridgehead atoms. The standard InChI is InChI=1S/C7H7O.C3H3N2.Au.BrH/c1-8-7-5-3-2-4-6-7;1-2-5-3-4-1;;/h3-6H,1H3;1-3H;;1H/q2*-1;+1;/p-1. The average Bonchev–Trinajstić information content (AvgIpc) is 2.92. The number of aromatic nitrogens is 2. The molecule has 0 N–H and O–H groups in total. The number of hydrogen-bond acceptors (Lipinski definition) is 2. The van der Waals surface area contributed by atoms with Crippen molar-refractivity contribution in [2.75, 3.05) is 7.11 Å². The summed E-state index contributed by atoms with van der Waals surface area (Å²) in [7, 11) is 1.65. The molecule has 15 heavy (non-hydrogen) atoms. The van der Waals surface area contributed by atoms with E-state index in [-0.39, 0.29) is 0 Å². The summed E-state index contributed by atoms with van der Waals surface area (Å²) in [6.07, 6.45) is 4.78. The molecule has 2 aromatic rings. The van der Waals surface area contributed by atoms with Gasteiger partial charge in [0.1, 0.15) is 0 Å². The smallest absolute Gasteiger partial charge is 0.0843 e. The number of hydrogen-bond donors (Lipinski definition) is 0. The van der Waals surface area contributed by atoms with Gasteiger partial charge in [-0.3, -0.25) is 0 Å². The van der Waals surface area contributed by atoms with Crippen molar-refractivity contribution >= 4 is 13.0 Å². The third kappa shape index (κ3) is 8.45. The van der Waals surface area contributed by atoms with E-state index in [0.29, 0.717) is 0 Å². The van der Waals surface area contributed by atoms with E-state index in [2.05, 4.69) is 48.0 Å². The van der Waals surface area contributed by atoms with Crippen molar-refractivity contribution in [3.8, 4) is 5.75 Å². The number of methoxy groups -OCH3 is 1. The minimum atomic E-state index is 0.878. The summed E-state index contributed by atoms with van der Waals surface area (Å²) in [6.45, 7) is 0. The van der Waals surface area contributed by atoms with Crippen LogP contribution >= 0.6 is 13.0 Å². The van der Waals surface area contributed by atoms with Crippen LogP contribution in [0.5, 0.6) is 5.75 Å². The predicted molar refractivity (Wildman–Crippen MR) is 58.3 cm³/mol. The van der Waals surface area contributed by atoms with E-state index in [4.69, 9.17) is 4.74 Å². The topological polar surface area (TPSA) is 36.2 Å². The first-order chi connectivity index (χ1) is 7.43. The van der Waals surface area contributed by atoms with Crippen LogP contribution in [0.2, 0.25) is 0 Å². The zero-order valence-corrected chi connectivity index (χ0v) is 11.8. The van der Waals surface area contributed by atoms with Crippen molar-refractivity contribution in [2.24, 2.45) is 0 Å². The molecule has 0 aliphatic heterocycles. The second-order valence-corrected chi connectivity index (χ2v) is 2.15. The maximum absolute atomic E-state index is 4.89. The van der Waals surface area contributed by atoms with E-state index >= 15 is 0 Å². The van der Waals surface area contributed by atoms with Crippen LogP contribution < -0.4 is 9.72 Å². The molecule has 0 atom stereocenters. The summed E-state index contributed by atoms with van der Waals surface area (Å²) >= 11 is 4.97. The molecule has 0 saturated carbocycles. The number of nitrogens with zero attached hydrogens (tertiary/aromatic N) is 2. The van der Waals surface area contributed by atoms with E-state index in [0.717, 1.165) is 5.75 Å². The molecule has 0 unspecified atom stereocenters. The number of ether oxygens (including phenoxy) is 1. The molecular weight excluding hydrogens is 441 g/mol. The second kappa shape index (κ2) is 11.5. The van der Waals surface area contributed by atoms with Crippen molar-refractivity contribution in [3.63, 3.8) is 0 Å². The Bertz CT molecular complexity index is 285. The third-order valence-electron chi connectivity index (χ3n) is 1.30. The van der Waals surface area contributed by atoms with Gasteiger partial charge in [0.2, 0.25) is 0 Å². The molecule has 0 radical (unpaired) electrons. The molecule has 0 aliphatic rings. The first kappa shape index (κ1) is 14.5. The van der Waals surface area contributed by atoms with E-state index in [9.17, 15) is 0 Å². The van der Waals surface area contributed by atoms with E-state index < -0.39 is 0 Å². The van der Waals surface area contributed by atoms with Gasteiger partial charge in [0.05, 0.1) is 7.11 Å². The van der Waals surface area contributed by atoms with Crippen molar-refractivity contribution in [1.82, 2.24) is 9.97 Å². The summed E-state index contributed by atoms with van der Waals surface area (Å²) in [4.78, 5) is 7.22. The third-order valence-corrected chi connectivity index (χ3v) is 1.30. The average molecular weight is 451 g/mol. The molecule has 1 aromatic heterocycles. The molecule has 3 nitrogen and oxygen atoms in total. The number of benzene rings is 1. The zero-order chi connectivity index (χ0) is 11.4. The first-order valence-electron chi connectivity index (χ1n) is 3.91. The maximum Gasteiger partial charge on any atom is -0.0843 e. The zero-order valence-electron chi connectivity index (χ0n) is 8.02. The fraction of sp³-hybridized carbons (Fsp3) is 0.100. The van der Waals surface area contributed by atoms with Gasteiger partial charge in [-0.25, -0.2) is 0 Å². The Morgan fingerprint density at radius 2 is 2.07 bits per heavy atom. The van der Waals surface area contributed by atoms with Gasteiger partial charge < -0.3 is 14.7 Å². The molecule has 0 amide bonds. The molecule has 2 rings (SSSR count). The monoisotopic (exact) mass is 450 g/mol. The molecule has 0 fully saturated rings. The fourth-order valence-electron chi connectivity index (χ4n) is 0.700. The van der Waals surface area contributed by atoms with Crippen molar-refractivity contribution in [3.05, 3.63) is 49.1 Å². The van der Waals surface area contributed by atoms with Gasteiger partial charge >= 0.3 is 32.0 Å². The minimum absolute atomic E-state index is 0.878. The number of imidazole rings is 1. The van der Waals surface area contributed by atoms with Gasteiger partial charge in [-0.1, -0.05) is 18.7 Å². The summed E-state index contributed by atoms with van der Waals surface area (Å²) < 4.78 is 4.89. The van der Waals surface area contributed by atoms with Gasteiger partial charge in [-0.2, -0.15) is 18.2 Å². The Balaban J connectivity index is 0.000000241. The van der Waals surface area contributed by atoms with E-state index in [1.165, 1.54) is 6.33 Å². The summed E-state index contributed by atoms with van der Waals surface area (Å²) in [5.74, 6) is 0.878. The SMILES string of the molecule is COc1cc[c-]cc1.[Br][Au].c1c[n-]cn1. The predicted octanol–water partition coefficient (Wildman–Crippen LogP) is 2.38. The van der Waals surface area contributed by atoms with Crippen LogP contribution in [0.25, 0.3) is 0 Å². The van der Waals surface area contributed by atoms with Crippen LogP contribution in [0, 0.1) is 6.07 Å². The maximum atomic E-state index is 4.89. The molecule has 0 aliphatic carbocycles. The molecule has 1 heterocycles. The van der Waals surface area contributed by atoms with Gasteiger partial charge in [0, 0.05) is 5.75 Å². The largest absolute Gasteiger partial charge is 0.450 e. The Hall–Kier alpha value is -0.550. The van der Waals surface area contributed by atoms with Gasteiger partial charge in [-0.05, 0) is 0 Å². The second-order valence-electron chi connectivity index (χ2n) is 2.15. The first-order valence-corrected chi connectivity index (χ1v) is 8.65. The Kier molecular flexibility index (Phi) is 11.1. The van der Waals surface area contributed by atoms with Gasteiger partial charge in [-0.15, -0.1) is 12.1 Å². The number of halogens is 1. The van der Waals surface area contributed by atoms with Crippen molar-refractivity contribution < 1.29 is 23.7 Å². The van der Waals surface area contributed by atoms with Crippen LogP contribution in [0.4, 0.5) is 0 Å². The van der Waals surface area contributed by atoms with Crippen LogP contribution in [0.15, 0.2) is 43.0 Å². The molecule has 0 spiro atoms. The van der Waals surface area contributed by atoms with Crippen molar-refractivity contribution in [2.45, 2.75) is 0 Å². The Morgan fingerprint density at radius 1 is 1.40 bits per heavy atom. The fourth-order valence-corrected chi connectivity index (χ4v) is 0.700. The summed E-state index contributed by atoms with van der Waals surface area (Å²) in [5.41, 5.74) is 0. The van der Waals surface area contributed by atoms with E-state index in [1.807, 2.05) is 24.3 Å². The molecule has 5 heteroatoms. The minimum Gasteiger partial charge on any atom is -0.450 e. The molecule has 1 aromatic carbocycles. The van der Waals surface area contributed by atoms with Crippen LogP contribution in [-0.4, -0.2) is 12.1 Å². The molecular formula is C10H10AuBrN2O-2. The Morgan fingerprint density at radius 3 is 2.33 bits per heavy atom. The quantitative estimate of drug-likeness (QED) is 0.494. The van der Waals surface area contributed by atoms with Crippen LogP contribution in [0.3, 0.4) is 0 Å². The Labute approximate surface area is 108 Å².